The van der Waals surface area contributed by atoms with Gasteiger partial charge in [0.15, 0.2) is 0 Å². The van der Waals surface area contributed by atoms with Gasteiger partial charge in [-0.2, -0.15) is 5.26 Å². The van der Waals surface area contributed by atoms with E-state index in [0.29, 0.717) is 0 Å². The van der Waals surface area contributed by atoms with Gasteiger partial charge in [0.25, 0.3) is 0 Å². The fraction of sp³-hybridized carbons (Fsp3) is 0.500. The van der Waals surface area contributed by atoms with Crippen LogP contribution in [0.15, 0.2) is 0 Å². The summed E-state index contributed by atoms with van der Waals surface area (Å²) in [6.07, 6.45) is 0. The van der Waals surface area contributed by atoms with Gasteiger partial charge in [-0.25, -0.2) is 0 Å². The molecule has 0 N–H and O–H groups in total. The Morgan fingerprint density at radius 2 is 1.75 bits per heavy atom. The SMILES string of the molecule is CC#N.[Ru]. The third-order valence-electron chi connectivity index (χ3n) is 0. The second-order valence-corrected chi connectivity index (χ2v) is 0.224. The standard InChI is InChI=1S/C2H3N.Ru/c1-2-3;/h1H3;. The van der Waals surface area contributed by atoms with Crippen LogP contribution in [0.1, 0.15) is 6.92 Å². The van der Waals surface area contributed by atoms with Crippen LogP contribution in [-0.2, 0) is 19.5 Å². The molecule has 0 atom stereocenters. The minimum Gasteiger partial charge on any atom is -0.199 e. The van der Waals surface area contributed by atoms with Crippen molar-refractivity contribution >= 4 is 0 Å². The molecule has 0 aromatic heterocycles. The fourth-order valence-corrected chi connectivity index (χ4v) is 0. The molecule has 0 bridgehead atoms. The molecular weight excluding hydrogens is 139 g/mol. The maximum absolute atomic E-state index is 7.32. The number of hydrogen-bond acceptors (Lipinski definition) is 1. The van der Waals surface area contributed by atoms with Crippen LogP contribution in [0.5, 0.6) is 0 Å². The molecule has 0 radical (unpaired) electrons. The molecule has 2 heteroatoms. The van der Waals surface area contributed by atoms with Gasteiger partial charge in [-0.15, -0.1) is 0 Å². The molecule has 0 heterocycles. The van der Waals surface area contributed by atoms with Crippen molar-refractivity contribution in [2.45, 2.75) is 6.92 Å². The third-order valence-corrected chi connectivity index (χ3v) is 0. The van der Waals surface area contributed by atoms with E-state index in [1.54, 1.807) is 6.07 Å². The summed E-state index contributed by atoms with van der Waals surface area (Å²) in [7, 11) is 0. The minimum atomic E-state index is 0. The zero-order valence-corrected chi connectivity index (χ0v) is 4.04. The van der Waals surface area contributed by atoms with Crippen LogP contribution < -0.4 is 0 Å². The maximum Gasteiger partial charge on any atom is 0.0587 e. The Labute approximate surface area is 38.4 Å². The summed E-state index contributed by atoms with van der Waals surface area (Å²) in [6.45, 7) is 1.43. The van der Waals surface area contributed by atoms with Crippen molar-refractivity contribution in [3.05, 3.63) is 0 Å². The summed E-state index contributed by atoms with van der Waals surface area (Å²) >= 11 is 0. The van der Waals surface area contributed by atoms with Gasteiger partial charge in [-0.3, -0.25) is 0 Å². The van der Waals surface area contributed by atoms with Crippen LogP contribution in [0.25, 0.3) is 0 Å². The number of rotatable bonds is 0. The van der Waals surface area contributed by atoms with E-state index in [1.165, 1.54) is 6.92 Å². The molecule has 0 aromatic carbocycles. The fourth-order valence-electron chi connectivity index (χ4n) is 0. The molecule has 0 aromatic rings. The van der Waals surface area contributed by atoms with Crippen LogP contribution in [-0.4, -0.2) is 0 Å². The molecule has 0 rings (SSSR count). The van der Waals surface area contributed by atoms with Gasteiger partial charge in [-0.1, -0.05) is 0 Å². The Hall–Kier alpha value is 0.113. The Balaban J connectivity index is 0. The van der Waals surface area contributed by atoms with E-state index in [9.17, 15) is 0 Å². The van der Waals surface area contributed by atoms with Gasteiger partial charge in [0.2, 0.25) is 0 Å². The van der Waals surface area contributed by atoms with Crippen LogP contribution in [0.4, 0.5) is 0 Å². The molecule has 0 amide bonds. The first kappa shape index (κ1) is 8.93. The van der Waals surface area contributed by atoms with Gasteiger partial charge < -0.3 is 0 Å². The minimum absolute atomic E-state index is 0. The van der Waals surface area contributed by atoms with Crippen LogP contribution in [0, 0.1) is 11.3 Å². The summed E-state index contributed by atoms with van der Waals surface area (Å²) < 4.78 is 0. The van der Waals surface area contributed by atoms with Crippen LogP contribution in [0.3, 0.4) is 0 Å². The van der Waals surface area contributed by atoms with Gasteiger partial charge in [0, 0.05) is 26.4 Å². The molecule has 0 saturated carbocycles. The van der Waals surface area contributed by atoms with Crippen LogP contribution >= 0.6 is 0 Å². The molecule has 0 aliphatic heterocycles. The van der Waals surface area contributed by atoms with Gasteiger partial charge >= 0.3 is 0 Å². The van der Waals surface area contributed by atoms with E-state index >= 15 is 0 Å². The molecule has 4 heavy (non-hydrogen) atoms. The molecular formula is C2H3NRu. The topological polar surface area (TPSA) is 23.8 Å². The van der Waals surface area contributed by atoms with E-state index in [4.69, 9.17) is 5.26 Å². The predicted octanol–water partition coefficient (Wildman–Crippen LogP) is 0.527. The van der Waals surface area contributed by atoms with E-state index in [-0.39, 0.29) is 19.5 Å². The number of nitrogens with zero attached hydrogens (tertiary/aromatic N) is 1. The quantitative estimate of drug-likeness (QED) is 0.452. The summed E-state index contributed by atoms with van der Waals surface area (Å²) in [5.41, 5.74) is 0. The van der Waals surface area contributed by atoms with Crippen molar-refractivity contribution in [3.8, 4) is 6.07 Å². The average Bonchev–Trinajstić information content (AvgIpc) is 0.918. The molecule has 0 saturated heterocycles. The molecule has 0 unspecified atom stereocenters. The van der Waals surface area contributed by atoms with E-state index in [0.717, 1.165) is 0 Å². The Kier molecular flexibility index (Phi) is 25.0. The zero-order valence-electron chi connectivity index (χ0n) is 2.30. The Bertz CT molecular complexity index is 27.5. The first-order chi connectivity index (χ1) is 1.41. The largest absolute Gasteiger partial charge is 0.199 e. The second-order valence-electron chi connectivity index (χ2n) is 0.224. The number of hydrogen-bond donors (Lipinski definition) is 0. The van der Waals surface area contributed by atoms with Crippen molar-refractivity contribution in [3.63, 3.8) is 0 Å². The van der Waals surface area contributed by atoms with Crippen molar-refractivity contribution in [2.75, 3.05) is 0 Å². The summed E-state index contributed by atoms with van der Waals surface area (Å²) in [5.74, 6) is 0. The molecule has 24 valence electrons. The predicted molar refractivity (Wildman–Crippen MR) is 11.3 cm³/mol. The molecule has 1 nitrogen and oxygen atoms in total. The first-order valence-corrected chi connectivity index (χ1v) is 0.724. The molecule has 0 fully saturated rings. The van der Waals surface area contributed by atoms with E-state index < -0.39 is 0 Å². The second kappa shape index (κ2) is 11.2. The molecule has 0 aliphatic rings. The van der Waals surface area contributed by atoms with Crippen molar-refractivity contribution in [1.82, 2.24) is 0 Å². The van der Waals surface area contributed by atoms with E-state index in [2.05, 4.69) is 0 Å². The summed E-state index contributed by atoms with van der Waals surface area (Å²) in [5, 5.41) is 7.32. The third kappa shape index (κ3) is 204. The monoisotopic (exact) mass is 143 g/mol. The normalized spacial score (nSPS) is 2.00. The Morgan fingerprint density at radius 3 is 1.75 bits per heavy atom. The zero-order chi connectivity index (χ0) is 2.71. The van der Waals surface area contributed by atoms with Gasteiger partial charge in [0.1, 0.15) is 0 Å². The summed E-state index contributed by atoms with van der Waals surface area (Å²) in [6, 6.07) is 1.75. The Morgan fingerprint density at radius 1 is 1.75 bits per heavy atom. The van der Waals surface area contributed by atoms with Crippen molar-refractivity contribution < 1.29 is 19.5 Å². The van der Waals surface area contributed by atoms with Gasteiger partial charge in [0.05, 0.1) is 6.07 Å². The van der Waals surface area contributed by atoms with Gasteiger partial charge in [-0.05, 0) is 0 Å². The van der Waals surface area contributed by atoms with E-state index in [1.807, 2.05) is 0 Å². The average molecular weight is 142 g/mol. The van der Waals surface area contributed by atoms with Crippen molar-refractivity contribution in [1.29, 1.82) is 5.26 Å². The summed E-state index contributed by atoms with van der Waals surface area (Å²) in [4.78, 5) is 0. The first-order valence-electron chi connectivity index (χ1n) is 0.724. The maximum atomic E-state index is 7.32. The van der Waals surface area contributed by atoms with Crippen molar-refractivity contribution in [2.24, 2.45) is 0 Å². The number of nitriles is 1. The smallest absolute Gasteiger partial charge is 0.0587 e. The van der Waals surface area contributed by atoms with Crippen LogP contribution in [0.2, 0.25) is 0 Å². The molecule has 0 spiro atoms. The molecule has 0 aliphatic carbocycles.